The van der Waals surface area contributed by atoms with Crippen LogP contribution in [0.4, 0.5) is 5.13 Å². The van der Waals surface area contributed by atoms with Crippen molar-refractivity contribution in [3.05, 3.63) is 59.2 Å². The zero-order valence-corrected chi connectivity index (χ0v) is 19.2. The Labute approximate surface area is 191 Å². The van der Waals surface area contributed by atoms with E-state index in [1.807, 2.05) is 6.07 Å². The molecule has 32 heavy (non-hydrogen) atoms. The molecule has 1 fully saturated rings. The number of hydrogen-bond acceptors (Lipinski definition) is 7. The first-order chi connectivity index (χ1) is 15.6. The second kappa shape index (κ2) is 10.2. The van der Waals surface area contributed by atoms with Crippen LogP contribution in [-0.4, -0.2) is 68.3 Å². The lowest BCUT2D eigenvalue weighted by atomic mass is 10.1. The van der Waals surface area contributed by atoms with Gasteiger partial charge in [-0.3, -0.25) is 14.6 Å². The number of aryl methyl sites for hydroxylation is 1. The van der Waals surface area contributed by atoms with E-state index in [1.54, 1.807) is 29.2 Å². The van der Waals surface area contributed by atoms with Crippen molar-refractivity contribution in [3.63, 3.8) is 0 Å². The van der Waals surface area contributed by atoms with Crippen LogP contribution < -0.4 is 4.90 Å². The van der Waals surface area contributed by atoms with Gasteiger partial charge in [0.25, 0.3) is 5.91 Å². The van der Waals surface area contributed by atoms with E-state index < -0.39 is 5.97 Å². The fourth-order valence-electron chi connectivity index (χ4n) is 3.67. The minimum absolute atomic E-state index is 0.135. The predicted molar refractivity (Wildman–Crippen MR) is 126 cm³/mol. The number of amides is 1. The van der Waals surface area contributed by atoms with E-state index in [4.69, 9.17) is 14.5 Å². The van der Waals surface area contributed by atoms with Gasteiger partial charge in [-0.1, -0.05) is 24.3 Å². The van der Waals surface area contributed by atoms with Gasteiger partial charge in [-0.15, -0.1) is 0 Å². The third-order valence-electron chi connectivity index (χ3n) is 5.62. The summed E-state index contributed by atoms with van der Waals surface area (Å²) in [4.78, 5) is 34.1. The third kappa shape index (κ3) is 4.98. The summed E-state index contributed by atoms with van der Waals surface area (Å²) in [6, 6.07) is 12.8. The lowest BCUT2D eigenvalue weighted by Gasteiger charge is -2.29. The Morgan fingerprint density at radius 1 is 1.12 bits per heavy atom. The Hall–Kier alpha value is -2.81. The van der Waals surface area contributed by atoms with E-state index in [0.717, 1.165) is 36.3 Å². The van der Waals surface area contributed by atoms with E-state index in [2.05, 4.69) is 24.0 Å². The molecule has 3 aromatic rings. The summed E-state index contributed by atoms with van der Waals surface area (Å²) in [6.07, 6.45) is 0.954. The number of hydrogen-bond donors (Lipinski definition) is 0. The second-order valence-electron chi connectivity index (χ2n) is 7.63. The molecule has 0 aliphatic carbocycles. The minimum Gasteiger partial charge on any atom is -0.465 e. The Morgan fingerprint density at radius 2 is 1.84 bits per heavy atom. The molecule has 2 heterocycles. The van der Waals surface area contributed by atoms with Crippen LogP contribution in [0.15, 0.2) is 42.5 Å². The molecular formula is C24H27N3O4S. The van der Waals surface area contributed by atoms with Crippen molar-refractivity contribution >= 4 is 38.6 Å². The SMILES string of the molecule is CCc1ccc2nc(N(CCN3CCOCC3)C(=O)c3ccc(C(=O)OC)cc3)sc2c1. The van der Waals surface area contributed by atoms with Gasteiger partial charge in [-0.25, -0.2) is 9.78 Å². The van der Waals surface area contributed by atoms with Gasteiger partial charge < -0.3 is 9.47 Å². The third-order valence-corrected chi connectivity index (χ3v) is 6.66. The van der Waals surface area contributed by atoms with Crippen molar-refractivity contribution in [2.45, 2.75) is 13.3 Å². The maximum Gasteiger partial charge on any atom is 0.337 e. The zero-order chi connectivity index (χ0) is 22.5. The summed E-state index contributed by atoms with van der Waals surface area (Å²) in [6.45, 7) is 6.53. The zero-order valence-electron chi connectivity index (χ0n) is 18.4. The predicted octanol–water partition coefficient (Wildman–Crippen LogP) is 3.62. The first kappa shape index (κ1) is 22.4. The van der Waals surface area contributed by atoms with Crippen LogP contribution in [0, 0.1) is 0 Å². The molecule has 0 N–H and O–H groups in total. The van der Waals surface area contributed by atoms with Gasteiger partial charge in [-0.2, -0.15) is 0 Å². The standard InChI is InChI=1S/C24H27N3O4S/c1-3-17-4-9-20-21(16-17)32-24(25-20)27(11-10-26-12-14-31-15-13-26)22(28)18-5-7-19(8-6-18)23(29)30-2/h4-9,16H,3,10-15H2,1-2H3. The fraction of sp³-hybridized carbons (Fsp3) is 0.375. The number of fused-ring (bicyclic) bond motifs is 1. The van der Waals surface area contributed by atoms with Gasteiger partial charge in [0.1, 0.15) is 0 Å². The first-order valence-corrected chi connectivity index (χ1v) is 11.6. The Kier molecular flexibility index (Phi) is 7.14. The molecule has 1 aromatic heterocycles. The number of nitrogens with zero attached hydrogens (tertiary/aromatic N) is 3. The average molecular weight is 454 g/mol. The Balaban J connectivity index is 1.62. The second-order valence-corrected chi connectivity index (χ2v) is 8.64. The van der Waals surface area contributed by atoms with Crippen molar-refractivity contribution in [2.24, 2.45) is 0 Å². The molecule has 0 unspecified atom stereocenters. The van der Waals surface area contributed by atoms with Gasteiger partial charge in [0.15, 0.2) is 5.13 Å². The van der Waals surface area contributed by atoms with Crippen molar-refractivity contribution in [1.82, 2.24) is 9.88 Å². The lowest BCUT2D eigenvalue weighted by molar-refractivity contribution is 0.0391. The summed E-state index contributed by atoms with van der Waals surface area (Å²) in [7, 11) is 1.34. The summed E-state index contributed by atoms with van der Waals surface area (Å²) >= 11 is 1.53. The summed E-state index contributed by atoms with van der Waals surface area (Å²) in [5.74, 6) is -0.560. The average Bonchev–Trinajstić information content (AvgIpc) is 3.27. The molecule has 0 atom stereocenters. The fourth-order valence-corrected chi connectivity index (χ4v) is 4.72. The molecule has 2 aromatic carbocycles. The molecule has 0 radical (unpaired) electrons. The highest BCUT2D eigenvalue weighted by Gasteiger charge is 2.23. The largest absolute Gasteiger partial charge is 0.465 e. The van der Waals surface area contributed by atoms with E-state index in [-0.39, 0.29) is 5.91 Å². The lowest BCUT2D eigenvalue weighted by Crippen LogP contribution is -2.43. The van der Waals surface area contributed by atoms with Gasteiger partial charge >= 0.3 is 5.97 Å². The highest BCUT2D eigenvalue weighted by molar-refractivity contribution is 7.22. The van der Waals surface area contributed by atoms with Gasteiger partial charge in [0.2, 0.25) is 0 Å². The van der Waals surface area contributed by atoms with Crippen LogP contribution in [0.2, 0.25) is 0 Å². The normalized spacial score (nSPS) is 14.4. The van der Waals surface area contributed by atoms with Crippen LogP contribution in [0.1, 0.15) is 33.2 Å². The Bertz CT molecular complexity index is 1090. The van der Waals surface area contributed by atoms with E-state index in [1.165, 1.54) is 24.0 Å². The van der Waals surface area contributed by atoms with Crippen LogP contribution >= 0.6 is 11.3 Å². The summed E-state index contributed by atoms with van der Waals surface area (Å²) < 4.78 is 11.3. The number of carbonyl (C=O) groups excluding carboxylic acids is 2. The number of carbonyl (C=O) groups is 2. The van der Waals surface area contributed by atoms with Gasteiger partial charge in [-0.05, 0) is 48.4 Å². The maximum absolute atomic E-state index is 13.5. The van der Waals surface area contributed by atoms with Crippen LogP contribution in [-0.2, 0) is 15.9 Å². The number of ether oxygens (including phenoxy) is 2. The molecule has 0 saturated carbocycles. The van der Waals surface area contributed by atoms with Crippen molar-refractivity contribution < 1.29 is 19.1 Å². The Morgan fingerprint density at radius 3 is 2.53 bits per heavy atom. The number of methoxy groups -OCH3 is 1. The molecule has 1 amide bonds. The topological polar surface area (TPSA) is 72.0 Å². The highest BCUT2D eigenvalue weighted by atomic mass is 32.1. The maximum atomic E-state index is 13.5. The van der Waals surface area contributed by atoms with Gasteiger partial charge in [0.05, 0.1) is 36.1 Å². The first-order valence-electron chi connectivity index (χ1n) is 10.8. The van der Waals surface area contributed by atoms with E-state index >= 15 is 0 Å². The number of aromatic nitrogens is 1. The smallest absolute Gasteiger partial charge is 0.337 e. The summed E-state index contributed by atoms with van der Waals surface area (Å²) in [5, 5.41) is 0.684. The number of benzene rings is 2. The molecule has 4 rings (SSSR count). The van der Waals surface area contributed by atoms with Crippen LogP contribution in [0.25, 0.3) is 10.2 Å². The number of esters is 1. The molecular weight excluding hydrogens is 426 g/mol. The number of morpholine rings is 1. The monoisotopic (exact) mass is 453 g/mol. The molecule has 1 aliphatic rings. The minimum atomic E-state index is -0.425. The van der Waals surface area contributed by atoms with E-state index in [0.29, 0.717) is 36.0 Å². The van der Waals surface area contributed by atoms with E-state index in [9.17, 15) is 9.59 Å². The van der Waals surface area contributed by atoms with Gasteiger partial charge in [0, 0.05) is 31.7 Å². The van der Waals surface area contributed by atoms with Crippen molar-refractivity contribution in [1.29, 1.82) is 0 Å². The van der Waals surface area contributed by atoms with Crippen molar-refractivity contribution in [3.8, 4) is 0 Å². The van der Waals surface area contributed by atoms with Crippen molar-refractivity contribution in [2.75, 3.05) is 51.4 Å². The molecule has 7 nitrogen and oxygen atoms in total. The molecule has 1 saturated heterocycles. The summed E-state index contributed by atoms with van der Waals surface area (Å²) in [5.41, 5.74) is 3.06. The molecule has 8 heteroatoms. The molecule has 1 aliphatic heterocycles. The number of thiazole rings is 1. The molecule has 168 valence electrons. The molecule has 0 bridgehead atoms. The highest BCUT2D eigenvalue weighted by Crippen LogP contribution is 2.30. The quantitative estimate of drug-likeness (QED) is 0.509. The van der Waals surface area contributed by atoms with Crippen LogP contribution in [0.3, 0.4) is 0 Å². The number of rotatable bonds is 7. The molecule has 0 spiro atoms. The van der Waals surface area contributed by atoms with Crippen LogP contribution in [0.5, 0.6) is 0 Å². The number of anilines is 1.